The molecule has 2 fully saturated rings. The molecule has 2 rings (SSSR count). The Morgan fingerprint density at radius 3 is 2.56 bits per heavy atom. The average Bonchev–Trinajstić information content (AvgIpc) is 2.50. The first-order valence-corrected chi connectivity index (χ1v) is 9.67. The van der Waals surface area contributed by atoms with Crippen molar-refractivity contribution in [2.75, 3.05) is 52.6 Å². The van der Waals surface area contributed by atoms with Gasteiger partial charge in [-0.25, -0.2) is 0 Å². The quantitative estimate of drug-likeness (QED) is 0.369. The molecule has 25 heavy (non-hydrogen) atoms. The lowest BCUT2D eigenvalue weighted by Gasteiger charge is -2.45. The normalized spacial score (nSPS) is 21.4. The van der Waals surface area contributed by atoms with Gasteiger partial charge in [-0.3, -0.25) is 9.89 Å². The molecule has 0 radical (unpaired) electrons. The van der Waals surface area contributed by atoms with Crippen LogP contribution in [0.5, 0.6) is 0 Å². The van der Waals surface area contributed by atoms with Crippen molar-refractivity contribution in [1.29, 1.82) is 0 Å². The van der Waals surface area contributed by atoms with Gasteiger partial charge in [0.25, 0.3) is 0 Å². The van der Waals surface area contributed by atoms with Gasteiger partial charge in [-0.1, -0.05) is 19.3 Å². The topological polar surface area (TPSA) is 30.9 Å². The largest absolute Gasteiger partial charge is 0.401 e. The molecule has 1 saturated carbocycles. The lowest BCUT2D eigenvalue weighted by atomic mass is 9.87. The van der Waals surface area contributed by atoms with E-state index in [1.165, 1.54) is 44.1 Å². The second kappa shape index (κ2) is 10.4. The van der Waals surface area contributed by atoms with Crippen molar-refractivity contribution in [2.45, 2.75) is 43.0 Å². The predicted molar refractivity (Wildman–Crippen MR) is 110 cm³/mol. The average molecular weight is 494 g/mol. The van der Waals surface area contributed by atoms with Crippen molar-refractivity contribution < 1.29 is 13.2 Å². The number of hydrogen-bond donors (Lipinski definition) is 1. The van der Waals surface area contributed by atoms with E-state index in [-0.39, 0.29) is 24.0 Å². The summed E-state index contributed by atoms with van der Waals surface area (Å²) < 4.78 is 37.4. The number of hydrogen-bond acceptors (Lipinski definition) is 3. The van der Waals surface area contributed by atoms with E-state index in [1.807, 2.05) is 0 Å². The summed E-state index contributed by atoms with van der Waals surface area (Å²) in [5, 5.41) is 3.24. The molecule has 0 aromatic heterocycles. The van der Waals surface area contributed by atoms with Crippen molar-refractivity contribution >= 4 is 41.7 Å². The van der Waals surface area contributed by atoms with Crippen LogP contribution in [-0.2, 0) is 0 Å². The Labute approximate surface area is 170 Å². The summed E-state index contributed by atoms with van der Waals surface area (Å²) in [4.78, 5) is 7.91. The van der Waals surface area contributed by atoms with Crippen LogP contribution >= 0.6 is 35.7 Å². The third-order valence-corrected chi connectivity index (χ3v) is 6.29. The molecule has 4 nitrogen and oxygen atoms in total. The Morgan fingerprint density at radius 1 is 1.28 bits per heavy atom. The summed E-state index contributed by atoms with van der Waals surface area (Å²) in [6.07, 6.45) is 2.32. The molecule has 0 amide bonds. The van der Waals surface area contributed by atoms with Crippen LogP contribution in [-0.4, -0.2) is 79.3 Å². The second-order valence-corrected chi connectivity index (χ2v) is 8.40. The van der Waals surface area contributed by atoms with Gasteiger partial charge in [0.15, 0.2) is 5.96 Å². The summed E-state index contributed by atoms with van der Waals surface area (Å²) in [5.74, 6) is 1.91. The number of thioether (sulfide) groups is 1. The van der Waals surface area contributed by atoms with E-state index in [9.17, 15) is 13.2 Å². The molecule has 1 saturated heterocycles. The molecule has 1 N–H and O–H groups in total. The lowest BCUT2D eigenvalue weighted by molar-refractivity contribution is -0.142. The third-order valence-electron chi connectivity index (χ3n) is 4.75. The second-order valence-electron chi connectivity index (χ2n) is 6.84. The van der Waals surface area contributed by atoms with Gasteiger partial charge in [0, 0.05) is 43.7 Å². The molecule has 9 heteroatoms. The zero-order chi connectivity index (χ0) is 17.6. The van der Waals surface area contributed by atoms with Crippen LogP contribution in [0.1, 0.15) is 32.1 Å². The van der Waals surface area contributed by atoms with Gasteiger partial charge in [0.05, 0.1) is 6.54 Å². The number of guanidine groups is 1. The van der Waals surface area contributed by atoms with Gasteiger partial charge >= 0.3 is 6.18 Å². The Balaban J connectivity index is 0.00000312. The number of nitrogens with zero attached hydrogens (tertiary/aromatic N) is 3. The molecule has 1 heterocycles. The molecule has 0 aromatic carbocycles. The molecule has 1 aliphatic carbocycles. The number of likely N-dealkylation sites (N-methyl/N-ethyl adjacent to an activating group) is 1. The van der Waals surface area contributed by atoms with E-state index in [0.717, 1.165) is 24.8 Å². The van der Waals surface area contributed by atoms with E-state index in [0.29, 0.717) is 17.8 Å². The minimum absolute atomic E-state index is 0. The van der Waals surface area contributed by atoms with E-state index >= 15 is 0 Å². The molecular weight excluding hydrogens is 464 g/mol. The van der Waals surface area contributed by atoms with Crippen LogP contribution < -0.4 is 5.32 Å². The lowest BCUT2D eigenvalue weighted by Crippen LogP contribution is -2.54. The summed E-state index contributed by atoms with van der Waals surface area (Å²) >= 11 is 2.10. The van der Waals surface area contributed by atoms with Crippen molar-refractivity contribution in [2.24, 2.45) is 4.99 Å². The first-order valence-electron chi connectivity index (χ1n) is 8.68. The molecular formula is C16H30F3IN4S. The summed E-state index contributed by atoms with van der Waals surface area (Å²) in [6.45, 7) is 1.87. The van der Waals surface area contributed by atoms with E-state index in [1.54, 1.807) is 7.05 Å². The van der Waals surface area contributed by atoms with Crippen LogP contribution in [0, 0.1) is 0 Å². The highest BCUT2D eigenvalue weighted by Gasteiger charge is 2.38. The maximum absolute atomic E-state index is 12.4. The SMILES string of the molecule is CN=C(NCCN(C)CC(F)(F)F)N1CCSC2(CCCCC2)C1.I. The van der Waals surface area contributed by atoms with Gasteiger partial charge in [-0.05, 0) is 19.9 Å². The number of halogens is 4. The molecule has 0 aromatic rings. The van der Waals surface area contributed by atoms with E-state index in [4.69, 9.17) is 0 Å². The minimum atomic E-state index is -4.14. The smallest absolute Gasteiger partial charge is 0.355 e. The summed E-state index contributed by atoms with van der Waals surface area (Å²) in [6, 6.07) is 0. The molecule has 148 valence electrons. The van der Waals surface area contributed by atoms with Crippen molar-refractivity contribution in [1.82, 2.24) is 15.1 Å². The van der Waals surface area contributed by atoms with E-state index < -0.39 is 12.7 Å². The van der Waals surface area contributed by atoms with Gasteiger partial charge < -0.3 is 10.2 Å². The number of nitrogens with one attached hydrogen (secondary N) is 1. The highest BCUT2D eigenvalue weighted by Crippen LogP contribution is 2.42. The molecule has 1 spiro atoms. The molecule has 0 unspecified atom stereocenters. The van der Waals surface area contributed by atoms with Crippen molar-refractivity contribution in [3.05, 3.63) is 0 Å². The first kappa shape index (κ1) is 23.1. The first-order chi connectivity index (χ1) is 11.3. The van der Waals surface area contributed by atoms with Crippen molar-refractivity contribution in [3.8, 4) is 0 Å². The summed E-state index contributed by atoms with van der Waals surface area (Å²) in [7, 11) is 3.24. The zero-order valence-electron chi connectivity index (χ0n) is 15.1. The van der Waals surface area contributed by atoms with Gasteiger partial charge in [-0.2, -0.15) is 24.9 Å². The fourth-order valence-electron chi connectivity index (χ4n) is 3.60. The minimum Gasteiger partial charge on any atom is -0.355 e. The van der Waals surface area contributed by atoms with Crippen LogP contribution in [0.25, 0.3) is 0 Å². The maximum atomic E-state index is 12.4. The van der Waals surface area contributed by atoms with Gasteiger partial charge in [0.2, 0.25) is 0 Å². The standard InChI is InChI=1S/C16H29F3N4S.HI/c1-20-14(21-8-9-22(2)13-16(17,18)19)23-10-11-24-15(12-23)6-4-3-5-7-15;/h3-13H2,1-2H3,(H,20,21);1H. The molecule has 0 bridgehead atoms. The Hall–Kier alpha value is 0.1000. The molecule has 2 aliphatic rings. The van der Waals surface area contributed by atoms with Crippen LogP contribution in [0.4, 0.5) is 13.2 Å². The maximum Gasteiger partial charge on any atom is 0.401 e. The fraction of sp³-hybridized carbons (Fsp3) is 0.938. The zero-order valence-corrected chi connectivity index (χ0v) is 18.2. The summed E-state index contributed by atoms with van der Waals surface area (Å²) in [5.41, 5.74) is 0. The Morgan fingerprint density at radius 2 is 1.96 bits per heavy atom. The van der Waals surface area contributed by atoms with Gasteiger partial charge in [0.1, 0.15) is 0 Å². The van der Waals surface area contributed by atoms with Crippen LogP contribution in [0.2, 0.25) is 0 Å². The van der Waals surface area contributed by atoms with Gasteiger partial charge in [-0.15, -0.1) is 24.0 Å². The highest BCUT2D eigenvalue weighted by atomic mass is 127. The number of alkyl halides is 3. The Kier molecular flexibility index (Phi) is 9.66. The highest BCUT2D eigenvalue weighted by molar-refractivity contribution is 14.0. The predicted octanol–water partition coefficient (Wildman–Crippen LogP) is 3.43. The van der Waals surface area contributed by atoms with Crippen LogP contribution in [0.15, 0.2) is 4.99 Å². The van der Waals surface area contributed by atoms with Crippen LogP contribution in [0.3, 0.4) is 0 Å². The third kappa shape index (κ3) is 7.70. The number of rotatable bonds is 4. The molecule has 1 aliphatic heterocycles. The Bertz CT molecular complexity index is 423. The number of aliphatic imine (C=N–C) groups is 1. The molecule has 0 atom stereocenters. The monoisotopic (exact) mass is 494 g/mol. The van der Waals surface area contributed by atoms with Crippen molar-refractivity contribution in [3.63, 3.8) is 0 Å². The fourth-order valence-corrected chi connectivity index (χ4v) is 5.17. The van der Waals surface area contributed by atoms with E-state index in [2.05, 4.69) is 27.0 Å².